The summed E-state index contributed by atoms with van der Waals surface area (Å²) in [5.74, 6) is -0.0235. The minimum absolute atomic E-state index is 0.322. The lowest BCUT2D eigenvalue weighted by molar-refractivity contribution is -0.122. The molecule has 1 fully saturated rings. The van der Waals surface area contributed by atoms with Crippen molar-refractivity contribution in [2.75, 3.05) is 6.54 Å². The van der Waals surface area contributed by atoms with Crippen LogP contribution in [-0.4, -0.2) is 28.3 Å². The quantitative estimate of drug-likeness (QED) is 0.515. The first-order valence-corrected chi connectivity index (χ1v) is 4.66. The van der Waals surface area contributed by atoms with Gasteiger partial charge >= 0.3 is 6.03 Å². The van der Waals surface area contributed by atoms with Crippen molar-refractivity contribution in [3.63, 3.8) is 0 Å². The highest BCUT2D eigenvalue weighted by atomic mass is 32.1. The molecule has 1 atom stereocenters. The summed E-state index contributed by atoms with van der Waals surface area (Å²) in [6.45, 7) is 6.14. The van der Waals surface area contributed by atoms with Crippen molar-refractivity contribution >= 4 is 24.6 Å². The van der Waals surface area contributed by atoms with Crippen LogP contribution in [0.25, 0.3) is 0 Å². The molecule has 4 nitrogen and oxygen atoms in total. The number of amides is 3. The minimum atomic E-state index is -0.999. The van der Waals surface area contributed by atoms with Gasteiger partial charge in [0.2, 0.25) is 0 Å². The van der Waals surface area contributed by atoms with Gasteiger partial charge in [-0.25, -0.2) is 4.79 Å². The normalized spacial score (nSPS) is 28.5. The molecule has 1 saturated heterocycles. The Bertz CT molecular complexity index is 251. The third kappa shape index (κ3) is 1.80. The molecular weight excluding hydrogens is 188 g/mol. The first-order valence-electron chi connectivity index (χ1n) is 4.21. The van der Waals surface area contributed by atoms with Gasteiger partial charge in [-0.15, -0.1) is 12.6 Å². The van der Waals surface area contributed by atoms with Gasteiger partial charge in [-0.2, -0.15) is 0 Å². The number of carbonyl (C=O) groups is 2. The number of rotatable bonds is 2. The largest absolute Gasteiger partial charge is 0.325 e. The Morgan fingerprint density at radius 1 is 1.54 bits per heavy atom. The number of carbonyl (C=O) groups excluding carboxylic acids is 2. The van der Waals surface area contributed by atoms with E-state index in [1.807, 2.05) is 13.8 Å². The van der Waals surface area contributed by atoms with Crippen molar-refractivity contribution in [2.24, 2.45) is 5.92 Å². The van der Waals surface area contributed by atoms with Crippen molar-refractivity contribution in [3.8, 4) is 0 Å². The third-order valence-corrected chi connectivity index (χ3v) is 2.41. The molecule has 0 radical (unpaired) electrons. The van der Waals surface area contributed by atoms with Crippen molar-refractivity contribution in [1.29, 1.82) is 0 Å². The van der Waals surface area contributed by atoms with Gasteiger partial charge in [-0.05, 0) is 12.8 Å². The number of nitrogens with zero attached hydrogens (tertiary/aromatic N) is 1. The summed E-state index contributed by atoms with van der Waals surface area (Å²) in [6, 6.07) is -0.351. The predicted molar refractivity (Wildman–Crippen MR) is 52.5 cm³/mol. The van der Waals surface area contributed by atoms with E-state index in [1.54, 1.807) is 6.92 Å². The number of urea groups is 1. The number of hydrogen-bond acceptors (Lipinski definition) is 3. The highest BCUT2D eigenvalue weighted by Crippen LogP contribution is 2.26. The molecule has 0 saturated carbocycles. The molecule has 1 heterocycles. The van der Waals surface area contributed by atoms with Crippen molar-refractivity contribution in [1.82, 2.24) is 10.2 Å². The fraction of sp³-hybridized carbons (Fsp3) is 0.750. The molecule has 1 aliphatic heterocycles. The number of imide groups is 1. The van der Waals surface area contributed by atoms with Crippen molar-refractivity contribution < 1.29 is 9.59 Å². The highest BCUT2D eigenvalue weighted by molar-refractivity contribution is 7.82. The zero-order chi connectivity index (χ0) is 10.2. The van der Waals surface area contributed by atoms with Crippen LogP contribution in [-0.2, 0) is 4.79 Å². The number of thiol groups is 1. The molecule has 1 aliphatic rings. The van der Waals surface area contributed by atoms with Crippen molar-refractivity contribution in [2.45, 2.75) is 25.6 Å². The number of hydrogen-bond donors (Lipinski definition) is 2. The second kappa shape index (κ2) is 3.21. The van der Waals surface area contributed by atoms with Crippen LogP contribution in [0, 0.1) is 5.92 Å². The molecule has 1 N–H and O–H groups in total. The van der Waals surface area contributed by atoms with Gasteiger partial charge in [0.15, 0.2) is 4.87 Å². The van der Waals surface area contributed by atoms with E-state index in [-0.39, 0.29) is 11.9 Å². The summed E-state index contributed by atoms with van der Waals surface area (Å²) < 4.78 is 0. The second-order valence-corrected chi connectivity index (χ2v) is 4.66. The van der Waals surface area contributed by atoms with Gasteiger partial charge in [-0.1, -0.05) is 13.8 Å². The van der Waals surface area contributed by atoms with Gasteiger partial charge in [0.25, 0.3) is 5.91 Å². The van der Waals surface area contributed by atoms with Crippen molar-refractivity contribution in [3.05, 3.63) is 0 Å². The van der Waals surface area contributed by atoms with E-state index in [4.69, 9.17) is 0 Å². The van der Waals surface area contributed by atoms with E-state index in [9.17, 15) is 9.59 Å². The summed E-state index contributed by atoms with van der Waals surface area (Å²) in [7, 11) is 0. The summed E-state index contributed by atoms with van der Waals surface area (Å²) in [6.07, 6.45) is 0. The molecule has 0 aromatic rings. The van der Waals surface area contributed by atoms with Crippen LogP contribution in [0.2, 0.25) is 0 Å². The smallest absolute Gasteiger partial charge is 0.301 e. The summed E-state index contributed by atoms with van der Waals surface area (Å²) in [4.78, 5) is 23.0. The lowest BCUT2D eigenvalue weighted by Crippen LogP contribution is -2.43. The molecule has 0 aromatic carbocycles. The molecule has 74 valence electrons. The van der Waals surface area contributed by atoms with Gasteiger partial charge in [-0.3, -0.25) is 10.1 Å². The fourth-order valence-electron chi connectivity index (χ4n) is 1.23. The predicted octanol–water partition coefficient (Wildman–Crippen LogP) is 0.840. The van der Waals surface area contributed by atoms with Crippen LogP contribution in [0.5, 0.6) is 0 Å². The zero-order valence-electron chi connectivity index (χ0n) is 8.00. The van der Waals surface area contributed by atoms with Crippen LogP contribution >= 0.6 is 12.6 Å². The van der Waals surface area contributed by atoms with Gasteiger partial charge in [0.1, 0.15) is 0 Å². The van der Waals surface area contributed by atoms with Crippen LogP contribution < -0.4 is 5.32 Å². The Morgan fingerprint density at radius 2 is 2.08 bits per heavy atom. The molecule has 0 spiro atoms. The van der Waals surface area contributed by atoms with Gasteiger partial charge in [0, 0.05) is 6.54 Å². The van der Waals surface area contributed by atoms with E-state index in [0.717, 1.165) is 0 Å². The molecule has 0 unspecified atom stereocenters. The molecule has 0 aliphatic carbocycles. The van der Waals surface area contributed by atoms with E-state index in [2.05, 4.69) is 17.9 Å². The van der Waals surface area contributed by atoms with Crippen LogP contribution in [0.1, 0.15) is 20.8 Å². The summed E-state index contributed by atoms with van der Waals surface area (Å²) in [5, 5.41) is 2.23. The monoisotopic (exact) mass is 202 g/mol. The average Bonchev–Trinajstić information content (AvgIpc) is 2.13. The first-order chi connectivity index (χ1) is 5.85. The Hall–Kier alpha value is -0.710. The third-order valence-electron chi connectivity index (χ3n) is 1.97. The molecule has 3 amide bonds. The van der Waals surface area contributed by atoms with E-state index < -0.39 is 4.87 Å². The summed E-state index contributed by atoms with van der Waals surface area (Å²) in [5.41, 5.74) is 0. The first kappa shape index (κ1) is 10.4. The Balaban J connectivity index is 2.82. The SMILES string of the molecule is CC(C)CN1C(=O)NC(=O)[C@]1(C)S. The molecule has 0 aromatic heterocycles. The molecule has 13 heavy (non-hydrogen) atoms. The van der Waals surface area contributed by atoms with Gasteiger partial charge < -0.3 is 4.90 Å². The zero-order valence-corrected chi connectivity index (χ0v) is 8.89. The maximum absolute atomic E-state index is 11.3. The Morgan fingerprint density at radius 3 is 2.38 bits per heavy atom. The lowest BCUT2D eigenvalue weighted by Gasteiger charge is -2.28. The molecular formula is C8H14N2O2S. The highest BCUT2D eigenvalue weighted by Gasteiger charge is 2.46. The average molecular weight is 202 g/mol. The fourth-order valence-corrected chi connectivity index (χ4v) is 1.46. The molecule has 0 bridgehead atoms. The lowest BCUT2D eigenvalue weighted by atomic mass is 10.2. The van der Waals surface area contributed by atoms with Gasteiger partial charge in [0.05, 0.1) is 0 Å². The van der Waals surface area contributed by atoms with Crippen LogP contribution in [0.4, 0.5) is 4.79 Å². The number of nitrogens with one attached hydrogen (secondary N) is 1. The van der Waals surface area contributed by atoms with Crippen LogP contribution in [0.15, 0.2) is 0 Å². The Labute approximate surface area is 83.1 Å². The maximum atomic E-state index is 11.3. The molecule has 1 rings (SSSR count). The Kier molecular flexibility index (Phi) is 2.56. The molecule has 5 heteroatoms. The maximum Gasteiger partial charge on any atom is 0.325 e. The van der Waals surface area contributed by atoms with E-state index >= 15 is 0 Å². The summed E-state index contributed by atoms with van der Waals surface area (Å²) >= 11 is 4.17. The van der Waals surface area contributed by atoms with E-state index in [1.165, 1.54) is 4.90 Å². The van der Waals surface area contributed by atoms with Crippen LogP contribution in [0.3, 0.4) is 0 Å². The second-order valence-electron chi connectivity index (χ2n) is 3.78. The minimum Gasteiger partial charge on any atom is -0.301 e. The van der Waals surface area contributed by atoms with E-state index in [0.29, 0.717) is 12.5 Å². The topological polar surface area (TPSA) is 49.4 Å². The standard InChI is InChI=1S/C8H14N2O2S/c1-5(2)4-10-7(12)9-6(11)8(10,3)13/h5,13H,4H2,1-3H3,(H,9,11,12)/t8-/m0/s1.